The van der Waals surface area contributed by atoms with E-state index in [4.69, 9.17) is 0 Å². The van der Waals surface area contributed by atoms with Gasteiger partial charge in [0, 0.05) is 19.8 Å². The van der Waals surface area contributed by atoms with Crippen molar-refractivity contribution in [2.45, 2.75) is 264 Å². The third-order valence-electron chi connectivity index (χ3n) is 10.9. The van der Waals surface area contributed by atoms with Gasteiger partial charge in [0.2, 0.25) is 18.2 Å². The van der Waals surface area contributed by atoms with Gasteiger partial charge in [-0.3, -0.25) is 10.1 Å². The van der Waals surface area contributed by atoms with Crippen LogP contribution in [0.2, 0.25) is 0 Å². The van der Waals surface area contributed by atoms with Crippen molar-refractivity contribution in [3.8, 4) is 0 Å². The number of hydrogen-bond donors (Lipinski definition) is 2. The van der Waals surface area contributed by atoms with Crippen molar-refractivity contribution in [1.29, 1.82) is 0 Å². The van der Waals surface area contributed by atoms with Crippen molar-refractivity contribution in [1.82, 2.24) is 10.6 Å². The van der Waals surface area contributed by atoms with Gasteiger partial charge >= 0.3 is 0 Å². The van der Waals surface area contributed by atoms with Crippen LogP contribution in [0.5, 0.6) is 0 Å². The lowest BCUT2D eigenvalue weighted by molar-refractivity contribution is -0.595. The first kappa shape index (κ1) is 45.1. The second-order valence-corrected chi connectivity index (χ2v) is 15.6. The molecule has 0 bridgehead atoms. The van der Waals surface area contributed by atoms with E-state index in [0.29, 0.717) is 12.6 Å². The summed E-state index contributed by atoms with van der Waals surface area (Å²) < 4.78 is 2.36. The summed E-state index contributed by atoms with van der Waals surface area (Å²) in [6, 6.07) is 0. The fraction of sp³-hybridized carbons (Fsp3) is 0.955. The molecule has 4 nitrogen and oxygen atoms in total. The molecule has 1 amide bonds. The maximum Gasteiger partial charge on any atom is 0.226 e. The first-order valence-corrected chi connectivity index (χ1v) is 22.3. The second-order valence-electron chi connectivity index (χ2n) is 15.6. The van der Waals surface area contributed by atoms with E-state index >= 15 is 0 Å². The zero-order valence-corrected chi connectivity index (χ0v) is 33.3. The fourth-order valence-corrected chi connectivity index (χ4v) is 7.66. The van der Waals surface area contributed by atoms with Gasteiger partial charge in [-0.15, -0.1) is 0 Å². The standard InChI is InChI=1S/C44H87N3O/c1-4-6-8-10-12-14-16-18-20-21-22-23-25-26-28-30-32-34-36-38-43-45-40-41-47(43)42(3)46-44(48)39-37-35-33-31-29-27-24-19-17-15-13-11-9-7-5-2/h41-43,45H,4-40H2,1-3H3/p+1. The number of amides is 1. The molecule has 0 saturated carbocycles. The summed E-state index contributed by atoms with van der Waals surface area (Å²) in [6.45, 7) is 7.66. The van der Waals surface area contributed by atoms with Crippen LogP contribution < -0.4 is 10.6 Å². The molecule has 2 atom stereocenters. The van der Waals surface area contributed by atoms with Crippen LogP contribution in [0, 0.1) is 0 Å². The zero-order valence-electron chi connectivity index (χ0n) is 33.3. The van der Waals surface area contributed by atoms with Crippen LogP contribution in [0.25, 0.3) is 0 Å². The van der Waals surface area contributed by atoms with E-state index in [9.17, 15) is 4.79 Å². The molecular formula is C44H88N3O+. The molecule has 1 aliphatic rings. The summed E-state index contributed by atoms with van der Waals surface area (Å²) in [6.07, 6.45) is 52.0. The SMILES string of the molecule is CCCCCCCCCCCCCCCCCCCCCC1NCC=[N+]1C(C)NC(=O)CCCCCCCCCCCCCCCCC. The molecule has 1 heterocycles. The number of rotatable bonds is 38. The molecule has 284 valence electrons. The zero-order chi connectivity index (χ0) is 34.6. The Morgan fingerprint density at radius 1 is 0.542 bits per heavy atom. The summed E-state index contributed by atoms with van der Waals surface area (Å²) >= 11 is 0. The van der Waals surface area contributed by atoms with Crippen LogP contribution in [0.4, 0.5) is 0 Å². The number of nitrogens with zero attached hydrogens (tertiary/aromatic N) is 1. The summed E-state index contributed by atoms with van der Waals surface area (Å²) in [7, 11) is 0. The van der Waals surface area contributed by atoms with E-state index in [2.05, 4.69) is 42.2 Å². The maximum absolute atomic E-state index is 12.6. The van der Waals surface area contributed by atoms with E-state index < -0.39 is 0 Å². The third kappa shape index (κ3) is 28.9. The molecule has 1 aliphatic heterocycles. The predicted octanol–water partition coefficient (Wildman–Crippen LogP) is 13.5. The Kier molecular flexibility index (Phi) is 33.8. The smallest absolute Gasteiger partial charge is 0.226 e. The average molecular weight is 675 g/mol. The highest BCUT2D eigenvalue weighted by Crippen LogP contribution is 2.17. The number of carbonyl (C=O) groups excluding carboxylic acids is 1. The molecule has 2 N–H and O–H groups in total. The lowest BCUT2D eigenvalue weighted by atomic mass is 10.0. The minimum absolute atomic E-state index is 0.0779. The van der Waals surface area contributed by atoms with E-state index in [0.717, 1.165) is 13.0 Å². The Bertz CT molecular complexity index is 707. The quantitative estimate of drug-likeness (QED) is 0.0506. The summed E-state index contributed by atoms with van der Waals surface area (Å²) in [5.41, 5.74) is 0. The normalized spacial score (nSPS) is 15.2. The predicted molar refractivity (Wildman–Crippen MR) is 213 cm³/mol. The van der Waals surface area contributed by atoms with E-state index in [1.807, 2.05) is 0 Å². The first-order chi connectivity index (χ1) is 23.7. The Morgan fingerprint density at radius 2 is 0.854 bits per heavy atom. The molecule has 0 aliphatic carbocycles. The van der Waals surface area contributed by atoms with Gasteiger partial charge in [0.05, 0.1) is 6.54 Å². The molecule has 48 heavy (non-hydrogen) atoms. The van der Waals surface area contributed by atoms with Crippen LogP contribution in [-0.4, -0.2) is 35.6 Å². The molecule has 0 spiro atoms. The fourth-order valence-electron chi connectivity index (χ4n) is 7.66. The minimum Gasteiger partial charge on any atom is -0.299 e. The van der Waals surface area contributed by atoms with Gasteiger partial charge in [0.25, 0.3) is 0 Å². The number of carbonyl (C=O) groups is 1. The van der Waals surface area contributed by atoms with Crippen molar-refractivity contribution < 1.29 is 9.37 Å². The summed E-state index contributed by atoms with van der Waals surface area (Å²) in [5.74, 6) is 0.222. The monoisotopic (exact) mass is 675 g/mol. The second kappa shape index (κ2) is 35.9. The average Bonchev–Trinajstić information content (AvgIpc) is 3.56. The Labute approximate surface area is 302 Å². The van der Waals surface area contributed by atoms with Crippen molar-refractivity contribution in [3.63, 3.8) is 0 Å². The summed E-state index contributed by atoms with van der Waals surface area (Å²) in [5, 5.41) is 6.92. The van der Waals surface area contributed by atoms with Crippen LogP contribution in [0.3, 0.4) is 0 Å². The molecule has 0 radical (unpaired) electrons. The number of nitrogens with one attached hydrogen (secondary N) is 2. The molecular weight excluding hydrogens is 587 g/mol. The summed E-state index contributed by atoms with van der Waals surface area (Å²) in [4.78, 5) is 12.6. The van der Waals surface area contributed by atoms with Gasteiger partial charge in [0.15, 0.2) is 6.21 Å². The van der Waals surface area contributed by atoms with E-state index in [1.165, 1.54) is 218 Å². The van der Waals surface area contributed by atoms with Crippen molar-refractivity contribution in [3.05, 3.63) is 0 Å². The highest BCUT2D eigenvalue weighted by atomic mass is 16.1. The lowest BCUT2D eigenvalue weighted by Gasteiger charge is -2.17. The molecule has 0 aromatic heterocycles. The number of unbranched alkanes of at least 4 members (excludes halogenated alkanes) is 32. The number of hydrogen-bond acceptors (Lipinski definition) is 2. The Balaban J connectivity index is 1.88. The van der Waals surface area contributed by atoms with Gasteiger partial charge < -0.3 is 0 Å². The molecule has 2 unspecified atom stereocenters. The molecule has 0 aromatic carbocycles. The van der Waals surface area contributed by atoms with Gasteiger partial charge in [-0.2, -0.15) is 0 Å². The van der Waals surface area contributed by atoms with Crippen LogP contribution in [0.1, 0.15) is 252 Å². The molecule has 1 rings (SSSR count). The van der Waals surface area contributed by atoms with Gasteiger partial charge in [-0.25, -0.2) is 9.89 Å². The highest BCUT2D eigenvalue weighted by Gasteiger charge is 2.30. The van der Waals surface area contributed by atoms with Crippen molar-refractivity contribution in [2.24, 2.45) is 0 Å². The van der Waals surface area contributed by atoms with Gasteiger partial charge in [-0.1, -0.05) is 219 Å². The van der Waals surface area contributed by atoms with Crippen molar-refractivity contribution >= 4 is 12.1 Å². The maximum atomic E-state index is 12.6. The van der Waals surface area contributed by atoms with Crippen LogP contribution in [-0.2, 0) is 4.79 Å². The van der Waals surface area contributed by atoms with Crippen molar-refractivity contribution in [2.75, 3.05) is 6.54 Å². The highest BCUT2D eigenvalue weighted by molar-refractivity contribution is 5.76. The Hall–Kier alpha value is -0.900. The minimum atomic E-state index is 0.0779. The lowest BCUT2D eigenvalue weighted by Crippen LogP contribution is -2.46. The molecule has 0 fully saturated rings. The largest absolute Gasteiger partial charge is 0.299 e. The molecule has 0 aromatic rings. The topological polar surface area (TPSA) is 44.1 Å². The van der Waals surface area contributed by atoms with E-state index in [-0.39, 0.29) is 12.1 Å². The van der Waals surface area contributed by atoms with Crippen LogP contribution in [0.15, 0.2) is 0 Å². The Morgan fingerprint density at radius 3 is 1.21 bits per heavy atom. The first-order valence-electron chi connectivity index (χ1n) is 22.3. The molecule has 0 saturated heterocycles. The van der Waals surface area contributed by atoms with Crippen LogP contribution >= 0.6 is 0 Å². The van der Waals surface area contributed by atoms with Gasteiger partial charge in [0.1, 0.15) is 0 Å². The molecule has 4 heteroatoms. The van der Waals surface area contributed by atoms with E-state index in [1.54, 1.807) is 0 Å². The van der Waals surface area contributed by atoms with Gasteiger partial charge in [-0.05, 0) is 12.8 Å². The third-order valence-corrected chi connectivity index (χ3v) is 10.9.